The second kappa shape index (κ2) is 8.83. The summed E-state index contributed by atoms with van der Waals surface area (Å²) in [7, 11) is -3.69. The topological polar surface area (TPSA) is 93.6 Å². The molecule has 0 spiro atoms. The molecule has 1 heterocycles. The number of hydrogen-bond donors (Lipinski definition) is 2. The van der Waals surface area contributed by atoms with Gasteiger partial charge in [0.05, 0.1) is 11.5 Å². The molecule has 0 aliphatic heterocycles. The molecular formula is C18H24N3O4P. The van der Waals surface area contributed by atoms with Gasteiger partial charge in [0.2, 0.25) is 0 Å². The van der Waals surface area contributed by atoms with Crippen LogP contribution in [0.4, 0.5) is 5.82 Å². The fraction of sp³-hybridized carbons (Fsp3) is 0.333. The van der Waals surface area contributed by atoms with E-state index in [0.29, 0.717) is 40.9 Å². The highest BCUT2D eigenvalue weighted by Gasteiger charge is 2.32. The Bertz CT molecular complexity index is 801. The number of nitrogens with zero attached hydrogens (tertiary/aromatic N) is 2. The first-order valence-corrected chi connectivity index (χ1v) is 9.94. The Kier molecular flexibility index (Phi) is 6.77. The standard InChI is InChI=1S/C18H24N3O4P/c1-5-7-16(6-2)26(23,25-21-17-12-19-8-9-20-17)24-15-10-13(3)18(22)14(4)11-15/h7-12,22H,5-6H2,1-4H3,(H,20,21)/b16-7+. The minimum absolute atomic E-state index is 0.186. The molecule has 0 aliphatic rings. The first-order valence-electron chi connectivity index (χ1n) is 8.39. The summed E-state index contributed by atoms with van der Waals surface area (Å²) in [5, 5.41) is 10.5. The second-order valence-electron chi connectivity index (χ2n) is 5.74. The van der Waals surface area contributed by atoms with E-state index in [9.17, 15) is 9.67 Å². The number of rotatable bonds is 8. The summed E-state index contributed by atoms with van der Waals surface area (Å²) in [6.07, 6.45) is 7.50. The molecule has 0 saturated heterocycles. The molecule has 0 bridgehead atoms. The van der Waals surface area contributed by atoms with E-state index in [-0.39, 0.29) is 5.75 Å². The van der Waals surface area contributed by atoms with Crippen molar-refractivity contribution >= 4 is 13.4 Å². The van der Waals surface area contributed by atoms with Gasteiger partial charge in [0.1, 0.15) is 11.5 Å². The lowest BCUT2D eigenvalue weighted by molar-refractivity contribution is 0.322. The van der Waals surface area contributed by atoms with E-state index >= 15 is 0 Å². The van der Waals surface area contributed by atoms with E-state index in [0.717, 1.165) is 0 Å². The molecule has 0 radical (unpaired) electrons. The molecule has 0 amide bonds. The molecule has 0 aliphatic carbocycles. The van der Waals surface area contributed by atoms with Crippen molar-refractivity contribution in [3.63, 3.8) is 0 Å². The molecule has 1 aromatic carbocycles. The van der Waals surface area contributed by atoms with Gasteiger partial charge in [-0.3, -0.25) is 4.98 Å². The van der Waals surface area contributed by atoms with Crippen LogP contribution in [-0.4, -0.2) is 15.1 Å². The van der Waals surface area contributed by atoms with Crippen LogP contribution < -0.4 is 10.0 Å². The summed E-state index contributed by atoms with van der Waals surface area (Å²) < 4.78 is 24.8. The Morgan fingerprint density at radius 2 is 1.96 bits per heavy atom. The first-order chi connectivity index (χ1) is 12.4. The third-order valence-corrected chi connectivity index (χ3v) is 5.66. The molecular weight excluding hydrogens is 353 g/mol. The zero-order valence-corrected chi connectivity index (χ0v) is 16.3. The van der Waals surface area contributed by atoms with E-state index < -0.39 is 7.60 Å². The minimum Gasteiger partial charge on any atom is -0.507 e. The summed E-state index contributed by atoms with van der Waals surface area (Å²) >= 11 is 0. The first kappa shape index (κ1) is 19.9. The lowest BCUT2D eigenvalue weighted by atomic mass is 10.1. The molecule has 2 aromatic rings. The van der Waals surface area contributed by atoms with E-state index in [1.54, 1.807) is 26.0 Å². The van der Waals surface area contributed by atoms with Gasteiger partial charge in [-0.1, -0.05) is 19.9 Å². The van der Waals surface area contributed by atoms with Crippen molar-refractivity contribution in [2.75, 3.05) is 5.48 Å². The highest BCUT2D eigenvalue weighted by molar-refractivity contribution is 7.58. The molecule has 2 N–H and O–H groups in total. The number of allylic oxidation sites excluding steroid dienone is 2. The molecule has 0 fully saturated rings. The highest BCUT2D eigenvalue weighted by Crippen LogP contribution is 2.57. The zero-order valence-electron chi connectivity index (χ0n) is 15.4. The molecule has 26 heavy (non-hydrogen) atoms. The molecule has 7 nitrogen and oxygen atoms in total. The summed E-state index contributed by atoms with van der Waals surface area (Å²) in [4.78, 5) is 7.96. The number of aromatic nitrogens is 2. The van der Waals surface area contributed by atoms with Gasteiger partial charge in [0.25, 0.3) is 0 Å². The smallest absolute Gasteiger partial charge is 0.427 e. The van der Waals surface area contributed by atoms with Crippen LogP contribution in [0.25, 0.3) is 0 Å². The number of anilines is 1. The number of aryl methyl sites for hydroxylation is 2. The lowest BCUT2D eigenvalue weighted by Crippen LogP contribution is -2.08. The average Bonchev–Trinajstić information content (AvgIpc) is 2.63. The van der Waals surface area contributed by atoms with Gasteiger partial charge in [0, 0.05) is 12.4 Å². The van der Waals surface area contributed by atoms with Crippen molar-refractivity contribution in [3.05, 3.63) is 53.2 Å². The predicted octanol–water partition coefficient (Wildman–Crippen LogP) is 5.12. The maximum Gasteiger partial charge on any atom is 0.427 e. The van der Waals surface area contributed by atoms with Crippen molar-refractivity contribution in [3.8, 4) is 11.5 Å². The van der Waals surface area contributed by atoms with Crippen LogP contribution in [-0.2, 0) is 9.19 Å². The molecule has 2 rings (SSSR count). The number of hydrogen-bond acceptors (Lipinski definition) is 7. The molecule has 1 atom stereocenters. The Morgan fingerprint density at radius 1 is 1.27 bits per heavy atom. The number of nitrogens with one attached hydrogen (secondary N) is 1. The Labute approximate surface area is 153 Å². The molecule has 1 aromatic heterocycles. The summed E-state index contributed by atoms with van der Waals surface area (Å²) in [6.45, 7) is 7.34. The summed E-state index contributed by atoms with van der Waals surface area (Å²) in [6, 6.07) is 3.25. The van der Waals surface area contributed by atoms with Crippen molar-refractivity contribution in [2.24, 2.45) is 0 Å². The van der Waals surface area contributed by atoms with Gasteiger partial charge in [-0.2, -0.15) is 4.62 Å². The molecule has 8 heteroatoms. The van der Waals surface area contributed by atoms with Crippen molar-refractivity contribution in [2.45, 2.75) is 40.5 Å². The van der Waals surface area contributed by atoms with Crippen LogP contribution >= 0.6 is 7.60 Å². The summed E-state index contributed by atoms with van der Waals surface area (Å²) in [5.74, 6) is 0.865. The van der Waals surface area contributed by atoms with Gasteiger partial charge in [0.15, 0.2) is 5.82 Å². The van der Waals surface area contributed by atoms with Crippen LogP contribution in [0.1, 0.15) is 37.8 Å². The lowest BCUT2D eigenvalue weighted by Gasteiger charge is -2.22. The average molecular weight is 377 g/mol. The predicted molar refractivity (Wildman–Crippen MR) is 101 cm³/mol. The van der Waals surface area contributed by atoms with E-state index in [4.69, 9.17) is 9.15 Å². The van der Waals surface area contributed by atoms with Crippen LogP contribution in [0.2, 0.25) is 0 Å². The molecule has 0 saturated carbocycles. The maximum absolute atomic E-state index is 13.5. The largest absolute Gasteiger partial charge is 0.507 e. The maximum atomic E-state index is 13.5. The van der Waals surface area contributed by atoms with Gasteiger partial charge < -0.3 is 9.63 Å². The van der Waals surface area contributed by atoms with E-state index in [1.165, 1.54) is 18.6 Å². The van der Waals surface area contributed by atoms with Gasteiger partial charge in [-0.25, -0.2) is 15.0 Å². The number of aromatic hydroxyl groups is 1. The molecule has 1 unspecified atom stereocenters. The van der Waals surface area contributed by atoms with Crippen LogP contribution in [0.3, 0.4) is 0 Å². The van der Waals surface area contributed by atoms with Crippen LogP contribution in [0.15, 0.2) is 42.1 Å². The summed E-state index contributed by atoms with van der Waals surface area (Å²) in [5.41, 5.74) is 3.83. The van der Waals surface area contributed by atoms with Crippen LogP contribution in [0.5, 0.6) is 11.5 Å². The van der Waals surface area contributed by atoms with Crippen molar-refractivity contribution in [1.29, 1.82) is 0 Å². The zero-order chi connectivity index (χ0) is 19.2. The monoisotopic (exact) mass is 377 g/mol. The van der Waals surface area contributed by atoms with Crippen molar-refractivity contribution < 1.29 is 18.8 Å². The number of benzene rings is 1. The molecule has 140 valence electrons. The van der Waals surface area contributed by atoms with Gasteiger partial charge in [-0.15, -0.1) is 0 Å². The Morgan fingerprint density at radius 3 is 2.50 bits per heavy atom. The minimum atomic E-state index is -3.69. The Balaban J connectivity index is 2.34. The Hall–Kier alpha value is -2.37. The second-order valence-corrected chi connectivity index (χ2v) is 7.67. The fourth-order valence-corrected chi connectivity index (χ4v) is 4.05. The highest BCUT2D eigenvalue weighted by atomic mass is 31.2. The van der Waals surface area contributed by atoms with Crippen molar-refractivity contribution in [1.82, 2.24) is 9.97 Å². The number of phenolic OH excluding ortho intramolecular Hbond substituents is 1. The fourth-order valence-electron chi connectivity index (χ4n) is 2.39. The third kappa shape index (κ3) is 4.84. The van der Waals surface area contributed by atoms with E-state index in [1.807, 2.05) is 19.9 Å². The van der Waals surface area contributed by atoms with E-state index in [2.05, 4.69) is 15.4 Å². The quantitative estimate of drug-likeness (QED) is 0.487. The SMILES string of the molecule is CC/C=C(\CC)P(=O)(ONc1cnccn1)Oc1cc(C)c(O)c(C)c1. The number of phenols is 1. The van der Waals surface area contributed by atoms with Gasteiger partial charge in [-0.05, 0) is 49.9 Å². The van der Waals surface area contributed by atoms with Crippen LogP contribution in [0, 0.1) is 13.8 Å². The third-order valence-electron chi connectivity index (χ3n) is 3.68. The van der Waals surface area contributed by atoms with Gasteiger partial charge >= 0.3 is 7.60 Å². The normalized spacial score (nSPS) is 13.9.